The zero-order valence-electron chi connectivity index (χ0n) is 12.5. The van der Waals surface area contributed by atoms with Crippen LogP contribution in [0.1, 0.15) is 31.1 Å². The van der Waals surface area contributed by atoms with Gasteiger partial charge in [-0.2, -0.15) is 0 Å². The topological polar surface area (TPSA) is 42.3 Å². The van der Waals surface area contributed by atoms with E-state index in [-0.39, 0.29) is 18.2 Å². The van der Waals surface area contributed by atoms with E-state index in [1.165, 1.54) is 19.1 Å². The van der Waals surface area contributed by atoms with Crippen LogP contribution in [0.3, 0.4) is 0 Å². The van der Waals surface area contributed by atoms with E-state index >= 15 is 0 Å². The summed E-state index contributed by atoms with van der Waals surface area (Å²) >= 11 is 0. The molecule has 0 saturated carbocycles. The van der Waals surface area contributed by atoms with Crippen molar-refractivity contribution in [1.82, 2.24) is 9.47 Å². The Morgan fingerprint density at radius 3 is 2.48 bits per heavy atom. The van der Waals surface area contributed by atoms with Gasteiger partial charge in [0.2, 0.25) is 5.91 Å². The number of hydrogen-bond donors (Lipinski definition) is 0. The molecule has 0 aliphatic carbocycles. The minimum atomic E-state index is -0.391. The molecule has 2 rings (SSSR count). The van der Waals surface area contributed by atoms with Gasteiger partial charge in [0.25, 0.3) is 0 Å². The number of carbonyl (C=O) groups excluding carboxylic acids is 2. The largest absolute Gasteiger partial charge is 0.342 e. The van der Waals surface area contributed by atoms with Gasteiger partial charge in [0, 0.05) is 35.8 Å². The van der Waals surface area contributed by atoms with E-state index in [0.717, 1.165) is 0 Å². The summed E-state index contributed by atoms with van der Waals surface area (Å²) in [5.41, 5.74) is 1.14. The van der Waals surface area contributed by atoms with E-state index < -0.39 is 5.82 Å². The van der Waals surface area contributed by atoms with Crippen molar-refractivity contribution in [2.75, 3.05) is 13.1 Å². The second-order valence-electron chi connectivity index (χ2n) is 4.95. The van der Waals surface area contributed by atoms with Gasteiger partial charge < -0.3 is 9.47 Å². The van der Waals surface area contributed by atoms with Crippen LogP contribution in [0, 0.1) is 5.82 Å². The Morgan fingerprint density at radius 2 is 1.90 bits per heavy atom. The lowest BCUT2D eigenvalue weighted by molar-refractivity contribution is -0.131. The predicted octanol–water partition coefficient (Wildman–Crippen LogP) is 2.85. The second kappa shape index (κ2) is 6.08. The molecule has 0 unspecified atom stereocenters. The Bertz CT molecular complexity index is 687. The lowest BCUT2D eigenvalue weighted by Crippen LogP contribution is -2.33. The van der Waals surface area contributed by atoms with Gasteiger partial charge in [0.05, 0.1) is 0 Å². The highest BCUT2D eigenvalue weighted by molar-refractivity contribution is 6.07. The molecule has 1 amide bonds. The Morgan fingerprint density at radius 1 is 1.24 bits per heavy atom. The fourth-order valence-corrected chi connectivity index (χ4v) is 2.50. The van der Waals surface area contributed by atoms with Crippen LogP contribution in [0.5, 0.6) is 0 Å². The first-order valence-corrected chi connectivity index (χ1v) is 7.05. The van der Waals surface area contributed by atoms with Crippen molar-refractivity contribution in [3.63, 3.8) is 0 Å². The number of ketones is 1. The van der Waals surface area contributed by atoms with Gasteiger partial charge in [-0.1, -0.05) is 0 Å². The SMILES string of the molecule is CCN(CC)C(=O)Cn1cc(C(C)=O)c2cc(F)ccc21. The van der Waals surface area contributed by atoms with E-state index in [9.17, 15) is 14.0 Å². The number of nitrogens with zero attached hydrogens (tertiary/aromatic N) is 2. The maximum Gasteiger partial charge on any atom is 0.242 e. The van der Waals surface area contributed by atoms with Gasteiger partial charge in [0.15, 0.2) is 5.78 Å². The fraction of sp³-hybridized carbons (Fsp3) is 0.375. The summed E-state index contributed by atoms with van der Waals surface area (Å²) in [6, 6.07) is 4.28. The normalized spacial score (nSPS) is 10.9. The van der Waals surface area contributed by atoms with E-state index in [1.807, 2.05) is 13.8 Å². The van der Waals surface area contributed by atoms with Gasteiger partial charge in [-0.3, -0.25) is 9.59 Å². The first-order valence-electron chi connectivity index (χ1n) is 7.05. The number of amides is 1. The highest BCUT2D eigenvalue weighted by Gasteiger charge is 2.16. The first-order chi connectivity index (χ1) is 9.97. The van der Waals surface area contributed by atoms with Gasteiger partial charge in [-0.25, -0.2) is 4.39 Å². The number of hydrogen-bond acceptors (Lipinski definition) is 2. The summed E-state index contributed by atoms with van der Waals surface area (Å²) in [6.45, 7) is 6.72. The maximum atomic E-state index is 13.4. The maximum absolute atomic E-state index is 13.4. The van der Waals surface area contributed by atoms with Crippen molar-refractivity contribution in [3.8, 4) is 0 Å². The minimum absolute atomic E-state index is 0.0173. The predicted molar refractivity (Wildman–Crippen MR) is 79.8 cm³/mol. The van der Waals surface area contributed by atoms with Gasteiger partial charge in [0.1, 0.15) is 12.4 Å². The smallest absolute Gasteiger partial charge is 0.242 e. The lowest BCUT2D eigenvalue weighted by Gasteiger charge is -2.19. The van der Waals surface area contributed by atoms with Crippen LogP contribution in [0.25, 0.3) is 10.9 Å². The highest BCUT2D eigenvalue weighted by Crippen LogP contribution is 2.23. The highest BCUT2D eigenvalue weighted by atomic mass is 19.1. The van der Waals surface area contributed by atoms with Crippen molar-refractivity contribution >= 4 is 22.6 Å². The number of rotatable bonds is 5. The zero-order chi connectivity index (χ0) is 15.6. The number of aromatic nitrogens is 1. The van der Waals surface area contributed by atoms with Crippen LogP contribution < -0.4 is 0 Å². The van der Waals surface area contributed by atoms with Crippen molar-refractivity contribution in [1.29, 1.82) is 0 Å². The molecule has 4 nitrogen and oxygen atoms in total. The van der Waals surface area contributed by atoms with Crippen molar-refractivity contribution < 1.29 is 14.0 Å². The monoisotopic (exact) mass is 290 g/mol. The standard InChI is InChI=1S/C16H19FN2O2/c1-4-18(5-2)16(21)10-19-9-14(11(3)20)13-8-12(17)6-7-15(13)19/h6-9H,4-5,10H2,1-3H3. The Labute approximate surface area is 123 Å². The van der Waals surface area contributed by atoms with E-state index in [0.29, 0.717) is 29.6 Å². The summed E-state index contributed by atoms with van der Waals surface area (Å²) in [5, 5.41) is 0.551. The number of likely N-dealkylation sites (N-methyl/N-ethyl adjacent to an activating group) is 1. The van der Waals surface area contributed by atoms with Crippen LogP contribution in [-0.4, -0.2) is 34.2 Å². The molecular weight excluding hydrogens is 271 g/mol. The molecule has 1 heterocycles. The van der Waals surface area contributed by atoms with Crippen molar-refractivity contribution in [2.45, 2.75) is 27.3 Å². The summed E-state index contributed by atoms with van der Waals surface area (Å²) in [6.07, 6.45) is 1.63. The molecule has 0 atom stereocenters. The molecule has 1 aromatic heterocycles. The molecule has 5 heteroatoms. The molecule has 21 heavy (non-hydrogen) atoms. The van der Waals surface area contributed by atoms with Crippen LogP contribution >= 0.6 is 0 Å². The lowest BCUT2D eigenvalue weighted by atomic mass is 10.1. The molecule has 0 spiro atoms. The number of fused-ring (bicyclic) bond motifs is 1. The quantitative estimate of drug-likeness (QED) is 0.795. The molecule has 2 aromatic rings. The number of halogens is 1. The molecule has 0 radical (unpaired) electrons. The third kappa shape index (κ3) is 2.96. The van der Waals surface area contributed by atoms with E-state index in [2.05, 4.69) is 0 Å². The first kappa shape index (κ1) is 15.2. The van der Waals surface area contributed by atoms with Crippen LogP contribution in [0.2, 0.25) is 0 Å². The molecule has 0 aliphatic heterocycles. The van der Waals surface area contributed by atoms with Gasteiger partial charge in [-0.05, 0) is 39.0 Å². The molecule has 0 fully saturated rings. The number of carbonyl (C=O) groups is 2. The van der Waals surface area contributed by atoms with Crippen molar-refractivity contribution in [2.24, 2.45) is 0 Å². The van der Waals surface area contributed by atoms with Crippen LogP contribution in [0.15, 0.2) is 24.4 Å². The van der Waals surface area contributed by atoms with E-state index in [4.69, 9.17) is 0 Å². The number of benzene rings is 1. The molecular formula is C16H19FN2O2. The molecule has 0 bridgehead atoms. The third-order valence-corrected chi connectivity index (χ3v) is 3.64. The Hall–Kier alpha value is -2.17. The average Bonchev–Trinajstić information content (AvgIpc) is 2.78. The van der Waals surface area contributed by atoms with Crippen LogP contribution in [-0.2, 0) is 11.3 Å². The Balaban J connectivity index is 2.45. The molecule has 0 saturated heterocycles. The third-order valence-electron chi connectivity index (χ3n) is 3.64. The Kier molecular flexibility index (Phi) is 4.40. The number of Topliss-reactive ketones (excluding diaryl/α,β-unsaturated/α-hetero) is 1. The molecule has 0 aliphatic rings. The zero-order valence-corrected chi connectivity index (χ0v) is 12.5. The van der Waals surface area contributed by atoms with Crippen molar-refractivity contribution in [3.05, 3.63) is 35.8 Å². The molecule has 112 valence electrons. The van der Waals surface area contributed by atoms with Gasteiger partial charge in [-0.15, -0.1) is 0 Å². The second-order valence-corrected chi connectivity index (χ2v) is 4.95. The minimum Gasteiger partial charge on any atom is -0.342 e. The summed E-state index contributed by atoms with van der Waals surface area (Å²) < 4.78 is 15.1. The van der Waals surface area contributed by atoms with Gasteiger partial charge >= 0.3 is 0 Å². The summed E-state index contributed by atoms with van der Waals surface area (Å²) in [5.74, 6) is -0.547. The summed E-state index contributed by atoms with van der Waals surface area (Å²) in [4.78, 5) is 25.6. The molecule has 0 N–H and O–H groups in total. The fourth-order valence-electron chi connectivity index (χ4n) is 2.50. The molecule has 1 aromatic carbocycles. The van der Waals surface area contributed by atoms with Crippen LogP contribution in [0.4, 0.5) is 4.39 Å². The summed E-state index contributed by atoms with van der Waals surface area (Å²) in [7, 11) is 0. The van der Waals surface area contributed by atoms with E-state index in [1.54, 1.807) is 21.7 Å². The average molecular weight is 290 g/mol.